The third kappa shape index (κ3) is 3.39. The van der Waals surface area contributed by atoms with Crippen LogP contribution in [-0.2, 0) is 15.5 Å². The van der Waals surface area contributed by atoms with Gasteiger partial charge in [0.1, 0.15) is 5.75 Å². The fraction of sp³-hybridized carbons (Fsp3) is 0.333. The summed E-state index contributed by atoms with van der Waals surface area (Å²) in [5, 5.41) is 19.5. The minimum atomic E-state index is -1.40. The van der Waals surface area contributed by atoms with E-state index >= 15 is 0 Å². The predicted molar refractivity (Wildman–Crippen MR) is 89.2 cm³/mol. The Hall–Kier alpha value is -1.65. The van der Waals surface area contributed by atoms with Crippen LogP contribution in [0.1, 0.15) is 31.7 Å². The number of benzene rings is 2. The first-order chi connectivity index (χ1) is 10.6. The summed E-state index contributed by atoms with van der Waals surface area (Å²) in [5.41, 5.74) is 0.886. The van der Waals surface area contributed by atoms with E-state index in [2.05, 4.69) is 6.92 Å². The first-order valence-corrected chi connectivity index (χ1v) is 8.66. The number of rotatable bonds is 7. The van der Waals surface area contributed by atoms with Crippen LogP contribution in [0.3, 0.4) is 0 Å². The Balaban J connectivity index is 2.47. The predicted octanol–water partition coefficient (Wildman–Crippen LogP) is 3.58. The molecule has 0 aromatic heterocycles. The van der Waals surface area contributed by atoms with Crippen molar-refractivity contribution in [2.75, 3.05) is 6.61 Å². The van der Waals surface area contributed by atoms with Crippen molar-refractivity contribution in [1.29, 1.82) is 0 Å². The molecule has 2 aromatic rings. The number of hydrogen-bond acceptors (Lipinski definition) is 3. The van der Waals surface area contributed by atoms with Gasteiger partial charge in [0.25, 0.3) is 0 Å². The Morgan fingerprint density at radius 3 is 2.23 bits per heavy atom. The van der Waals surface area contributed by atoms with Gasteiger partial charge in [-0.3, -0.25) is 4.21 Å². The van der Waals surface area contributed by atoms with E-state index in [4.69, 9.17) is 0 Å². The lowest BCUT2D eigenvalue weighted by Crippen LogP contribution is -2.35. The number of aromatic hydroxyl groups is 1. The average Bonchev–Trinajstić information content (AvgIpc) is 2.57. The van der Waals surface area contributed by atoms with Gasteiger partial charge < -0.3 is 10.2 Å². The molecule has 0 amide bonds. The molecule has 0 heterocycles. The van der Waals surface area contributed by atoms with Gasteiger partial charge in [0, 0.05) is 4.90 Å². The second-order valence-corrected chi connectivity index (χ2v) is 7.17. The lowest BCUT2D eigenvalue weighted by atomic mass is 9.93. The normalized spacial score (nSPS) is 15.2. The minimum Gasteiger partial charge on any atom is -0.508 e. The van der Waals surface area contributed by atoms with Crippen molar-refractivity contribution in [3.63, 3.8) is 0 Å². The van der Waals surface area contributed by atoms with Gasteiger partial charge in [-0.1, -0.05) is 50.1 Å². The molecular weight excluding hydrogens is 296 g/mol. The summed E-state index contributed by atoms with van der Waals surface area (Å²) in [7, 11) is -1.40. The highest BCUT2D eigenvalue weighted by Gasteiger charge is 2.38. The molecule has 0 saturated carbocycles. The lowest BCUT2D eigenvalue weighted by molar-refractivity contribution is 0.235. The van der Waals surface area contributed by atoms with Crippen molar-refractivity contribution in [3.05, 3.63) is 60.2 Å². The lowest BCUT2D eigenvalue weighted by Gasteiger charge is -2.31. The molecule has 0 aliphatic carbocycles. The molecule has 0 radical (unpaired) electrons. The van der Waals surface area contributed by atoms with Crippen LogP contribution in [0.2, 0.25) is 0 Å². The second kappa shape index (κ2) is 7.56. The van der Waals surface area contributed by atoms with Gasteiger partial charge in [0.05, 0.1) is 22.2 Å². The van der Waals surface area contributed by atoms with E-state index in [1.54, 1.807) is 12.1 Å². The summed E-state index contributed by atoms with van der Waals surface area (Å²) in [6, 6.07) is 15.9. The standard InChI is InChI=1S/C18H22O3S/c1-2-3-13-18(14-19,15-7-5-4-6-8-15)22(21)17-11-9-16(20)10-12-17/h4-12,19-20H,2-3,13-14H2,1H3. The number of phenolic OH excluding ortho intramolecular Hbond substituents is 1. The summed E-state index contributed by atoms with van der Waals surface area (Å²) >= 11 is 0. The molecule has 2 aromatic carbocycles. The third-order valence-electron chi connectivity index (χ3n) is 3.90. The quantitative estimate of drug-likeness (QED) is 0.820. The van der Waals surface area contributed by atoms with E-state index in [-0.39, 0.29) is 12.4 Å². The molecule has 0 aliphatic heterocycles. The van der Waals surface area contributed by atoms with Gasteiger partial charge in [-0.05, 0) is 36.2 Å². The highest BCUT2D eigenvalue weighted by atomic mass is 32.2. The van der Waals surface area contributed by atoms with Crippen LogP contribution in [-0.4, -0.2) is 21.0 Å². The molecule has 0 spiro atoms. The SMILES string of the molecule is CCCCC(CO)(c1ccccc1)S(=O)c1ccc(O)cc1. The molecule has 2 N–H and O–H groups in total. The van der Waals surface area contributed by atoms with Crippen molar-refractivity contribution < 1.29 is 14.4 Å². The molecular formula is C18H22O3S. The molecule has 0 fully saturated rings. The fourth-order valence-electron chi connectivity index (χ4n) is 2.57. The summed E-state index contributed by atoms with van der Waals surface area (Å²) in [5.74, 6) is 0.142. The zero-order valence-corrected chi connectivity index (χ0v) is 13.6. The molecule has 0 saturated heterocycles. The summed E-state index contributed by atoms with van der Waals surface area (Å²) in [4.78, 5) is 0.617. The summed E-state index contributed by atoms with van der Waals surface area (Å²) in [6.07, 6.45) is 2.51. The Kier molecular flexibility index (Phi) is 5.75. The van der Waals surface area contributed by atoms with Gasteiger partial charge in [0.2, 0.25) is 0 Å². The zero-order chi connectivity index (χ0) is 16.0. The van der Waals surface area contributed by atoms with Crippen LogP contribution < -0.4 is 0 Å². The maximum Gasteiger partial charge on any atom is 0.115 e. The van der Waals surface area contributed by atoms with Gasteiger partial charge in [-0.2, -0.15) is 0 Å². The Morgan fingerprint density at radius 2 is 1.68 bits per heavy atom. The van der Waals surface area contributed by atoms with Gasteiger partial charge >= 0.3 is 0 Å². The first kappa shape index (κ1) is 16.7. The monoisotopic (exact) mass is 318 g/mol. The number of aliphatic hydroxyl groups excluding tert-OH is 1. The maximum atomic E-state index is 13.2. The van der Waals surface area contributed by atoms with E-state index in [0.717, 1.165) is 18.4 Å². The molecule has 4 heteroatoms. The van der Waals surface area contributed by atoms with E-state index in [0.29, 0.717) is 11.3 Å². The average molecular weight is 318 g/mol. The van der Waals surface area contributed by atoms with Crippen molar-refractivity contribution in [3.8, 4) is 5.75 Å². The molecule has 118 valence electrons. The van der Waals surface area contributed by atoms with E-state index in [1.165, 1.54) is 12.1 Å². The van der Waals surface area contributed by atoms with E-state index in [9.17, 15) is 14.4 Å². The van der Waals surface area contributed by atoms with Crippen LogP contribution in [0.5, 0.6) is 5.75 Å². The maximum absolute atomic E-state index is 13.2. The van der Waals surface area contributed by atoms with Crippen LogP contribution in [0, 0.1) is 0 Å². The van der Waals surface area contributed by atoms with Crippen LogP contribution in [0.15, 0.2) is 59.5 Å². The molecule has 0 bridgehead atoms. The van der Waals surface area contributed by atoms with Crippen LogP contribution >= 0.6 is 0 Å². The fourth-order valence-corrected chi connectivity index (χ4v) is 4.20. The Bertz CT molecular complexity index is 610. The number of aliphatic hydroxyl groups is 1. The number of unbranched alkanes of at least 4 members (excludes halogenated alkanes) is 1. The van der Waals surface area contributed by atoms with Crippen molar-refractivity contribution in [1.82, 2.24) is 0 Å². The summed E-state index contributed by atoms with van der Waals surface area (Å²) < 4.78 is 12.4. The molecule has 3 nitrogen and oxygen atoms in total. The highest BCUT2D eigenvalue weighted by Crippen LogP contribution is 2.37. The van der Waals surface area contributed by atoms with Gasteiger partial charge in [0.15, 0.2) is 0 Å². The molecule has 2 unspecified atom stereocenters. The van der Waals surface area contributed by atoms with Crippen LogP contribution in [0.25, 0.3) is 0 Å². The van der Waals surface area contributed by atoms with Gasteiger partial charge in [-0.15, -0.1) is 0 Å². The topological polar surface area (TPSA) is 57.5 Å². The number of hydrogen-bond donors (Lipinski definition) is 2. The van der Waals surface area contributed by atoms with Crippen LogP contribution in [0.4, 0.5) is 0 Å². The Morgan fingerprint density at radius 1 is 1.05 bits per heavy atom. The smallest absolute Gasteiger partial charge is 0.115 e. The molecule has 22 heavy (non-hydrogen) atoms. The number of phenols is 1. The zero-order valence-electron chi connectivity index (χ0n) is 12.7. The second-order valence-electron chi connectivity index (χ2n) is 5.38. The Labute approximate surface area is 134 Å². The van der Waals surface area contributed by atoms with E-state index < -0.39 is 15.5 Å². The summed E-state index contributed by atoms with van der Waals surface area (Å²) in [6.45, 7) is 1.90. The van der Waals surface area contributed by atoms with Crippen molar-refractivity contribution in [2.45, 2.75) is 35.8 Å². The van der Waals surface area contributed by atoms with Crippen molar-refractivity contribution in [2.24, 2.45) is 0 Å². The third-order valence-corrected chi connectivity index (χ3v) is 5.87. The molecule has 2 atom stereocenters. The first-order valence-electron chi connectivity index (χ1n) is 7.51. The van der Waals surface area contributed by atoms with Crippen molar-refractivity contribution >= 4 is 10.8 Å². The highest BCUT2D eigenvalue weighted by molar-refractivity contribution is 7.86. The largest absolute Gasteiger partial charge is 0.508 e. The van der Waals surface area contributed by atoms with E-state index in [1.807, 2.05) is 30.3 Å². The molecule has 2 rings (SSSR count). The van der Waals surface area contributed by atoms with Gasteiger partial charge in [-0.25, -0.2) is 0 Å². The molecule has 0 aliphatic rings. The minimum absolute atomic E-state index is 0.142.